The average Bonchev–Trinajstić information content (AvgIpc) is 3.80. The van der Waals surface area contributed by atoms with Gasteiger partial charge in [-0.2, -0.15) is 0 Å². The minimum atomic E-state index is -1.05. The summed E-state index contributed by atoms with van der Waals surface area (Å²) in [5.41, 5.74) is 14.4. The van der Waals surface area contributed by atoms with Crippen LogP contribution in [0.5, 0.6) is 0 Å². The van der Waals surface area contributed by atoms with E-state index in [0.717, 1.165) is 29.5 Å². The van der Waals surface area contributed by atoms with E-state index in [2.05, 4.69) is 22.9 Å². The molecule has 46 heavy (non-hydrogen) atoms. The lowest BCUT2D eigenvalue weighted by Gasteiger charge is -2.26. The molecule has 244 valence electrons. The summed E-state index contributed by atoms with van der Waals surface area (Å²) in [5, 5.41) is 8.67. The minimum absolute atomic E-state index is 0.136. The predicted octanol–water partition coefficient (Wildman–Crippen LogP) is 3.27. The summed E-state index contributed by atoms with van der Waals surface area (Å²) >= 11 is 0. The minimum Gasteiger partial charge on any atom is -0.399 e. The predicted molar refractivity (Wildman–Crippen MR) is 179 cm³/mol. The monoisotopic (exact) mass is 627 g/mol. The van der Waals surface area contributed by atoms with E-state index in [9.17, 15) is 19.2 Å². The number of hydrogen-bond donors (Lipinski definition) is 5. The van der Waals surface area contributed by atoms with Crippen LogP contribution in [0.2, 0.25) is 0 Å². The zero-order valence-electron chi connectivity index (χ0n) is 26.6. The van der Waals surface area contributed by atoms with Gasteiger partial charge in [-0.1, -0.05) is 74.4 Å². The van der Waals surface area contributed by atoms with E-state index in [0.29, 0.717) is 24.2 Å². The van der Waals surface area contributed by atoms with Crippen molar-refractivity contribution in [3.05, 3.63) is 95.6 Å². The molecule has 0 saturated carbocycles. The second kappa shape index (κ2) is 16.0. The van der Waals surface area contributed by atoms with Crippen molar-refractivity contribution in [2.24, 2.45) is 0 Å². The molecule has 1 aliphatic rings. The summed E-state index contributed by atoms with van der Waals surface area (Å²) in [4.78, 5) is 54.2. The normalized spacial score (nSPS) is 17.3. The molecule has 4 atom stereocenters. The molecule has 4 unspecified atom stereocenters. The fraction of sp³-hybridized carbons (Fsp3) is 0.389. The number of ketones is 1. The maximum absolute atomic E-state index is 14.0. The Kier molecular flexibility index (Phi) is 11.9. The number of carbonyl (C=O) groups excluding carboxylic acids is 4. The van der Waals surface area contributed by atoms with Gasteiger partial charge in [-0.05, 0) is 60.7 Å². The second-order valence-corrected chi connectivity index (χ2v) is 12.2. The Labute approximate surface area is 270 Å². The Hall–Kier alpha value is -4.70. The van der Waals surface area contributed by atoms with Gasteiger partial charge < -0.3 is 32.2 Å². The molecule has 4 rings (SSSR count). The molecule has 1 saturated heterocycles. The van der Waals surface area contributed by atoms with Crippen LogP contribution in [0.3, 0.4) is 0 Å². The molecule has 3 aromatic rings. The van der Waals surface area contributed by atoms with E-state index in [1.165, 1.54) is 0 Å². The molecule has 1 aliphatic heterocycles. The van der Waals surface area contributed by atoms with Gasteiger partial charge in [0, 0.05) is 30.6 Å². The van der Waals surface area contributed by atoms with Gasteiger partial charge in [-0.15, -0.1) is 0 Å². The Morgan fingerprint density at radius 2 is 1.15 bits per heavy atom. The Morgan fingerprint density at radius 3 is 1.65 bits per heavy atom. The number of anilines is 2. The van der Waals surface area contributed by atoms with Crippen molar-refractivity contribution in [1.29, 1.82) is 0 Å². The molecule has 1 heterocycles. The molecule has 3 aromatic carbocycles. The largest absolute Gasteiger partial charge is 0.399 e. The molecule has 3 amide bonds. The van der Waals surface area contributed by atoms with Crippen molar-refractivity contribution < 1.29 is 23.9 Å². The average molecular weight is 628 g/mol. The molecule has 0 radical (unpaired) electrons. The van der Waals surface area contributed by atoms with Crippen LogP contribution < -0.4 is 27.4 Å². The standard InChI is InChI=1S/C36H45N5O5/c1-3-4-6-11-32(42)39-30(21-25-12-16-27(37)17-13-25)34(44)41-31(22-26-14-18-28(38)19-15-26)35(45)40-29(33(43)36(2)23-46-36)20-24-9-7-5-8-10-24/h5,7-10,12-19,29-31H,3-4,6,11,20-23,37-38H2,1-2H3,(H,39,42)(H,40,45)(H,41,44). The molecule has 10 heteroatoms. The smallest absolute Gasteiger partial charge is 0.243 e. The molecule has 1 fully saturated rings. The maximum Gasteiger partial charge on any atom is 0.243 e. The highest BCUT2D eigenvalue weighted by atomic mass is 16.6. The lowest BCUT2D eigenvalue weighted by atomic mass is 9.94. The molecule has 7 N–H and O–H groups in total. The second-order valence-electron chi connectivity index (χ2n) is 12.2. The molecule has 0 bridgehead atoms. The van der Waals surface area contributed by atoms with Gasteiger partial charge in [-0.3, -0.25) is 19.2 Å². The number of ether oxygens (including phenoxy) is 1. The number of rotatable bonds is 17. The number of hydrogen-bond acceptors (Lipinski definition) is 7. The zero-order chi connectivity index (χ0) is 33.1. The van der Waals surface area contributed by atoms with E-state index in [-0.39, 0.29) is 37.6 Å². The first-order valence-electron chi connectivity index (χ1n) is 15.9. The fourth-order valence-corrected chi connectivity index (χ4v) is 5.22. The first-order chi connectivity index (χ1) is 22.1. The van der Waals surface area contributed by atoms with Crippen molar-refractivity contribution in [2.45, 2.75) is 82.5 Å². The van der Waals surface area contributed by atoms with Crippen LogP contribution in [0.25, 0.3) is 0 Å². The van der Waals surface area contributed by atoms with Gasteiger partial charge in [0.2, 0.25) is 17.7 Å². The third-order valence-corrected chi connectivity index (χ3v) is 8.15. The number of Topliss-reactive ketones (excluding diaryl/α,β-unsaturated/α-hetero) is 1. The third-order valence-electron chi connectivity index (χ3n) is 8.15. The zero-order valence-corrected chi connectivity index (χ0v) is 26.6. The first kappa shape index (κ1) is 34.2. The molecule has 0 aliphatic carbocycles. The molecule has 10 nitrogen and oxygen atoms in total. The van der Waals surface area contributed by atoms with Gasteiger partial charge in [0.25, 0.3) is 0 Å². The first-order valence-corrected chi connectivity index (χ1v) is 15.9. The van der Waals surface area contributed by atoms with Crippen LogP contribution in [-0.4, -0.2) is 53.8 Å². The van der Waals surface area contributed by atoms with Crippen LogP contribution in [0.4, 0.5) is 11.4 Å². The topological polar surface area (TPSA) is 169 Å². The van der Waals surface area contributed by atoms with Gasteiger partial charge in [0.1, 0.15) is 17.7 Å². The maximum atomic E-state index is 14.0. The lowest BCUT2D eigenvalue weighted by molar-refractivity contribution is -0.134. The highest BCUT2D eigenvalue weighted by Gasteiger charge is 2.50. The third kappa shape index (κ3) is 10.2. The van der Waals surface area contributed by atoms with Crippen LogP contribution in [0.1, 0.15) is 56.2 Å². The fourth-order valence-electron chi connectivity index (χ4n) is 5.22. The van der Waals surface area contributed by atoms with E-state index in [4.69, 9.17) is 16.2 Å². The van der Waals surface area contributed by atoms with Gasteiger partial charge in [0.15, 0.2) is 5.78 Å². The Bertz CT molecular complexity index is 1470. The molecular formula is C36H45N5O5. The number of nitrogens with one attached hydrogen (secondary N) is 3. The van der Waals surface area contributed by atoms with Crippen molar-refractivity contribution in [3.8, 4) is 0 Å². The van der Waals surface area contributed by atoms with Crippen LogP contribution in [-0.2, 0) is 43.2 Å². The van der Waals surface area contributed by atoms with Crippen molar-refractivity contribution in [3.63, 3.8) is 0 Å². The molecular weight excluding hydrogens is 582 g/mol. The summed E-state index contributed by atoms with van der Waals surface area (Å²) in [7, 11) is 0. The van der Waals surface area contributed by atoms with Gasteiger partial charge in [0.05, 0.1) is 12.6 Å². The lowest BCUT2D eigenvalue weighted by Crippen LogP contribution is -2.58. The highest BCUT2D eigenvalue weighted by molar-refractivity contribution is 5.98. The van der Waals surface area contributed by atoms with E-state index in [1.54, 1.807) is 55.5 Å². The number of nitrogen functional groups attached to an aromatic ring is 2. The van der Waals surface area contributed by atoms with Crippen LogP contribution >= 0.6 is 0 Å². The quantitative estimate of drug-likeness (QED) is 0.0869. The van der Waals surface area contributed by atoms with Crippen molar-refractivity contribution in [1.82, 2.24) is 16.0 Å². The highest BCUT2D eigenvalue weighted by Crippen LogP contribution is 2.29. The van der Waals surface area contributed by atoms with Gasteiger partial charge >= 0.3 is 0 Å². The van der Waals surface area contributed by atoms with Crippen molar-refractivity contribution in [2.75, 3.05) is 18.1 Å². The number of unbranched alkanes of at least 4 members (excludes halogenated alkanes) is 2. The van der Waals surface area contributed by atoms with Crippen molar-refractivity contribution >= 4 is 34.9 Å². The number of nitrogens with two attached hydrogens (primary N) is 2. The van der Waals surface area contributed by atoms with Crippen LogP contribution in [0.15, 0.2) is 78.9 Å². The summed E-state index contributed by atoms with van der Waals surface area (Å²) in [6, 6.07) is 20.6. The summed E-state index contributed by atoms with van der Waals surface area (Å²) in [5.74, 6) is -1.51. The molecule has 0 spiro atoms. The molecule has 0 aromatic heterocycles. The summed E-state index contributed by atoms with van der Waals surface area (Å²) in [6.07, 6.45) is 3.46. The van der Waals surface area contributed by atoms with Crippen LogP contribution in [0, 0.1) is 0 Å². The number of benzene rings is 3. The van der Waals surface area contributed by atoms with E-state index >= 15 is 0 Å². The SMILES string of the molecule is CCCCCC(=O)NC(Cc1ccc(N)cc1)C(=O)NC(Cc1ccc(N)cc1)C(=O)NC(Cc1ccccc1)C(=O)C1(C)CO1. The number of epoxide rings is 1. The summed E-state index contributed by atoms with van der Waals surface area (Å²) in [6.45, 7) is 4.04. The van der Waals surface area contributed by atoms with E-state index in [1.807, 2.05) is 30.3 Å². The Balaban J connectivity index is 1.57. The van der Waals surface area contributed by atoms with E-state index < -0.39 is 35.5 Å². The number of amides is 3. The number of carbonyl (C=O) groups is 4. The summed E-state index contributed by atoms with van der Waals surface area (Å²) < 4.78 is 5.43. The Morgan fingerprint density at radius 1 is 0.696 bits per heavy atom. The van der Waals surface area contributed by atoms with Gasteiger partial charge in [-0.25, -0.2) is 0 Å².